The lowest BCUT2D eigenvalue weighted by Gasteiger charge is -2.26. The first kappa shape index (κ1) is 21.0. The van der Waals surface area contributed by atoms with Gasteiger partial charge in [-0.3, -0.25) is 25.0 Å². The summed E-state index contributed by atoms with van der Waals surface area (Å²) in [5, 5.41) is 13.2. The van der Waals surface area contributed by atoms with Crippen LogP contribution in [-0.2, 0) is 9.59 Å². The molecule has 1 aromatic heterocycles. The van der Waals surface area contributed by atoms with Crippen LogP contribution in [0.5, 0.6) is 0 Å². The summed E-state index contributed by atoms with van der Waals surface area (Å²) in [4.78, 5) is 48.8. The Hall–Kier alpha value is -4.24. The third kappa shape index (κ3) is 3.88. The summed E-state index contributed by atoms with van der Waals surface area (Å²) >= 11 is 5.83. The molecule has 32 heavy (non-hydrogen) atoms. The zero-order chi connectivity index (χ0) is 23.0. The van der Waals surface area contributed by atoms with E-state index in [-0.39, 0.29) is 27.8 Å². The number of hydrogen-bond acceptors (Lipinski definition) is 6. The Morgan fingerprint density at radius 1 is 1.06 bits per heavy atom. The Labute approximate surface area is 186 Å². The Bertz CT molecular complexity index is 1310. The number of rotatable bonds is 4. The van der Waals surface area contributed by atoms with E-state index in [1.807, 2.05) is 6.92 Å². The molecule has 1 N–H and O–H groups in total. The van der Waals surface area contributed by atoms with Gasteiger partial charge in [0.05, 0.1) is 10.6 Å². The van der Waals surface area contributed by atoms with Crippen LogP contribution in [0.15, 0.2) is 64.6 Å². The van der Waals surface area contributed by atoms with E-state index in [0.29, 0.717) is 11.3 Å². The minimum absolute atomic E-state index is 0.0158. The smallest absolute Gasteiger partial charge is 0.335 e. The second kappa shape index (κ2) is 8.12. The highest BCUT2D eigenvalue weighted by Crippen LogP contribution is 2.32. The lowest BCUT2D eigenvalue weighted by atomic mass is 10.1. The van der Waals surface area contributed by atoms with Crippen molar-refractivity contribution in [3.8, 4) is 11.3 Å². The van der Waals surface area contributed by atoms with Crippen LogP contribution in [0.2, 0.25) is 5.02 Å². The summed E-state index contributed by atoms with van der Waals surface area (Å²) in [6.07, 6.45) is 1.21. The molecule has 0 radical (unpaired) electrons. The molecule has 1 aliphatic rings. The van der Waals surface area contributed by atoms with Crippen molar-refractivity contribution in [3.63, 3.8) is 0 Å². The van der Waals surface area contributed by atoms with Gasteiger partial charge in [-0.2, -0.15) is 0 Å². The van der Waals surface area contributed by atoms with Crippen LogP contribution in [0.1, 0.15) is 11.3 Å². The zero-order valence-corrected chi connectivity index (χ0v) is 17.3. The van der Waals surface area contributed by atoms with Crippen LogP contribution >= 0.6 is 11.6 Å². The first-order valence-electron chi connectivity index (χ1n) is 9.27. The minimum atomic E-state index is -0.858. The number of nitro benzene ring substituents is 1. The number of imide groups is 2. The monoisotopic (exact) mass is 451 g/mol. The highest BCUT2D eigenvalue weighted by molar-refractivity contribution is 6.39. The van der Waals surface area contributed by atoms with Gasteiger partial charge in [0.1, 0.15) is 22.1 Å². The van der Waals surface area contributed by atoms with Crippen LogP contribution in [-0.4, -0.2) is 22.8 Å². The number of halogens is 1. The van der Waals surface area contributed by atoms with Gasteiger partial charge in [-0.25, -0.2) is 9.69 Å². The molecule has 2 heterocycles. The molecule has 0 aliphatic carbocycles. The predicted octanol–water partition coefficient (Wildman–Crippen LogP) is 4.48. The number of aryl methyl sites for hydroxylation is 1. The summed E-state index contributed by atoms with van der Waals surface area (Å²) in [6, 6.07) is 13.0. The maximum absolute atomic E-state index is 12.9. The maximum atomic E-state index is 12.9. The van der Waals surface area contributed by atoms with E-state index in [4.69, 9.17) is 16.0 Å². The van der Waals surface area contributed by atoms with E-state index in [1.54, 1.807) is 30.3 Å². The molecule has 1 fully saturated rings. The van der Waals surface area contributed by atoms with Gasteiger partial charge in [0.2, 0.25) is 0 Å². The van der Waals surface area contributed by atoms with Crippen LogP contribution in [0.25, 0.3) is 17.4 Å². The van der Waals surface area contributed by atoms with Crippen molar-refractivity contribution in [1.29, 1.82) is 0 Å². The summed E-state index contributed by atoms with van der Waals surface area (Å²) in [5.41, 5.74) is 1.06. The van der Waals surface area contributed by atoms with Crippen molar-refractivity contribution in [2.24, 2.45) is 0 Å². The Kier molecular flexibility index (Phi) is 5.33. The van der Waals surface area contributed by atoms with Crippen molar-refractivity contribution < 1.29 is 23.7 Å². The van der Waals surface area contributed by atoms with Crippen molar-refractivity contribution in [3.05, 3.63) is 86.6 Å². The zero-order valence-electron chi connectivity index (χ0n) is 16.5. The van der Waals surface area contributed by atoms with Gasteiger partial charge in [-0.1, -0.05) is 29.3 Å². The Morgan fingerprint density at radius 3 is 2.47 bits per heavy atom. The number of furan rings is 1. The van der Waals surface area contributed by atoms with Gasteiger partial charge >= 0.3 is 6.03 Å². The third-order valence-electron chi connectivity index (χ3n) is 4.73. The number of urea groups is 1. The number of hydrogen-bond donors (Lipinski definition) is 1. The fourth-order valence-electron chi connectivity index (χ4n) is 3.12. The third-order valence-corrected chi connectivity index (χ3v) is 5.05. The molecular weight excluding hydrogens is 438 g/mol. The molecule has 3 aromatic rings. The summed E-state index contributed by atoms with van der Waals surface area (Å²) in [5.74, 6) is -1.24. The quantitative estimate of drug-likeness (QED) is 0.270. The molecule has 0 saturated carbocycles. The molecule has 4 amide bonds. The number of nitro groups is 1. The molecule has 1 aliphatic heterocycles. The normalized spacial score (nSPS) is 15.2. The van der Waals surface area contributed by atoms with E-state index in [9.17, 15) is 24.5 Å². The Morgan fingerprint density at radius 2 is 1.78 bits per heavy atom. The van der Waals surface area contributed by atoms with Gasteiger partial charge in [0.25, 0.3) is 17.5 Å². The number of carbonyl (C=O) groups excluding carboxylic acids is 3. The molecular formula is C22H14ClN3O6. The summed E-state index contributed by atoms with van der Waals surface area (Å²) < 4.78 is 5.65. The molecule has 10 heteroatoms. The topological polar surface area (TPSA) is 123 Å². The summed E-state index contributed by atoms with van der Waals surface area (Å²) in [7, 11) is 0. The summed E-state index contributed by atoms with van der Waals surface area (Å²) in [6.45, 7) is 1.86. The second-order valence-corrected chi connectivity index (χ2v) is 7.33. The molecule has 0 atom stereocenters. The predicted molar refractivity (Wildman–Crippen MR) is 116 cm³/mol. The van der Waals surface area contributed by atoms with E-state index in [2.05, 4.69) is 5.32 Å². The van der Waals surface area contributed by atoms with Crippen molar-refractivity contribution in [1.82, 2.24) is 5.32 Å². The van der Waals surface area contributed by atoms with Gasteiger partial charge in [-0.05, 0) is 49.4 Å². The fraction of sp³-hybridized carbons (Fsp3) is 0.0455. The molecule has 4 rings (SSSR count). The number of nitrogens with zero attached hydrogens (tertiary/aromatic N) is 2. The van der Waals surface area contributed by atoms with E-state index >= 15 is 0 Å². The van der Waals surface area contributed by atoms with E-state index in [0.717, 1.165) is 10.5 Å². The van der Waals surface area contributed by atoms with Crippen molar-refractivity contribution >= 4 is 46.9 Å². The van der Waals surface area contributed by atoms with E-state index in [1.165, 1.54) is 30.3 Å². The van der Waals surface area contributed by atoms with Crippen LogP contribution < -0.4 is 10.2 Å². The molecule has 2 aromatic carbocycles. The number of benzene rings is 2. The largest absolute Gasteiger partial charge is 0.457 e. The molecule has 160 valence electrons. The molecule has 9 nitrogen and oxygen atoms in total. The van der Waals surface area contributed by atoms with E-state index < -0.39 is 22.8 Å². The number of nitrogens with one attached hydrogen (secondary N) is 1. The molecule has 0 bridgehead atoms. The van der Waals surface area contributed by atoms with Crippen molar-refractivity contribution in [2.75, 3.05) is 4.90 Å². The van der Waals surface area contributed by atoms with Gasteiger partial charge in [0, 0.05) is 11.6 Å². The first-order valence-corrected chi connectivity index (χ1v) is 9.64. The van der Waals surface area contributed by atoms with Crippen LogP contribution in [0.3, 0.4) is 0 Å². The lowest BCUT2D eigenvalue weighted by molar-refractivity contribution is -0.384. The van der Waals surface area contributed by atoms with Gasteiger partial charge in [-0.15, -0.1) is 0 Å². The number of amides is 4. The van der Waals surface area contributed by atoms with Crippen LogP contribution in [0.4, 0.5) is 16.2 Å². The highest BCUT2D eigenvalue weighted by atomic mass is 35.5. The molecule has 0 unspecified atom stereocenters. The standard InChI is InChI=1S/C22H14ClN3O6/c1-12-2-5-14(6-3-12)25-21(28)16(20(27)24-22(25)29)11-15-7-9-19(32-15)13-4-8-17(23)18(10-13)26(30)31/h2-11H,1H3,(H,24,27,29)/b16-11+. The lowest BCUT2D eigenvalue weighted by Crippen LogP contribution is -2.54. The average Bonchev–Trinajstić information content (AvgIpc) is 3.21. The Balaban J connectivity index is 1.67. The fourth-order valence-corrected chi connectivity index (χ4v) is 3.31. The van der Waals surface area contributed by atoms with Gasteiger partial charge < -0.3 is 4.42 Å². The number of carbonyl (C=O) groups is 3. The number of anilines is 1. The molecule has 1 saturated heterocycles. The van der Waals surface area contributed by atoms with Gasteiger partial charge in [0.15, 0.2) is 0 Å². The first-order chi connectivity index (χ1) is 15.2. The minimum Gasteiger partial charge on any atom is -0.457 e. The number of barbiturate groups is 1. The SMILES string of the molecule is Cc1ccc(N2C(=O)NC(=O)/C(=C\c3ccc(-c4ccc(Cl)c([N+](=O)[O-])c4)o3)C2=O)cc1. The average molecular weight is 452 g/mol. The van der Waals surface area contributed by atoms with Crippen molar-refractivity contribution in [2.45, 2.75) is 6.92 Å². The van der Waals surface area contributed by atoms with Crippen LogP contribution in [0, 0.1) is 17.0 Å². The second-order valence-electron chi connectivity index (χ2n) is 6.92. The highest BCUT2D eigenvalue weighted by Gasteiger charge is 2.37. The maximum Gasteiger partial charge on any atom is 0.335 e. The molecule has 0 spiro atoms.